The third kappa shape index (κ3) is 2.07. The van der Waals surface area contributed by atoms with E-state index < -0.39 is 29.5 Å². The number of hydrogen-bond acceptors (Lipinski definition) is 2. The zero-order valence-electron chi connectivity index (χ0n) is 14.9. The molecule has 6 atom stereocenters. The molecule has 0 bridgehead atoms. The lowest BCUT2D eigenvalue weighted by atomic mass is 9.46. The number of carbonyl (C=O) groups excluding carboxylic acids is 1. The number of halogens is 2. The summed E-state index contributed by atoms with van der Waals surface area (Å²) in [6.45, 7) is 3.73. The van der Waals surface area contributed by atoms with Gasteiger partial charge < -0.3 is 5.11 Å². The van der Waals surface area contributed by atoms with Crippen LogP contribution < -0.4 is 0 Å². The Morgan fingerprint density at radius 2 is 1.88 bits per heavy atom. The van der Waals surface area contributed by atoms with Crippen LogP contribution in [0.2, 0.25) is 0 Å². The van der Waals surface area contributed by atoms with Gasteiger partial charge >= 0.3 is 5.97 Å². The number of carbonyl (C=O) groups is 2. The van der Waals surface area contributed by atoms with E-state index in [-0.39, 0.29) is 29.1 Å². The molecule has 0 heterocycles. The molecule has 3 saturated carbocycles. The second kappa shape index (κ2) is 5.14. The Kier molecular flexibility index (Phi) is 3.53. The molecule has 5 heteroatoms. The van der Waals surface area contributed by atoms with Crippen molar-refractivity contribution in [3.63, 3.8) is 0 Å². The minimum absolute atomic E-state index is 0.143. The van der Waals surface area contributed by atoms with E-state index in [4.69, 9.17) is 0 Å². The summed E-state index contributed by atoms with van der Waals surface area (Å²) < 4.78 is 30.1. The van der Waals surface area contributed by atoms with Crippen molar-refractivity contribution in [1.82, 2.24) is 0 Å². The summed E-state index contributed by atoms with van der Waals surface area (Å²) in [5.41, 5.74) is -0.886. The third-order valence-corrected chi connectivity index (χ3v) is 8.38. The van der Waals surface area contributed by atoms with E-state index >= 15 is 8.78 Å². The van der Waals surface area contributed by atoms with Crippen LogP contribution in [-0.2, 0) is 9.59 Å². The Labute approximate surface area is 146 Å². The van der Waals surface area contributed by atoms with Crippen molar-refractivity contribution >= 4 is 11.8 Å². The SMILES string of the molecule is C[C@]12CC[C@H]3[C@@H](CCC4=CC(=O)CC(F)(F)[C@@]43C)[C@@H]1CC[C@@H]2C(=O)O. The van der Waals surface area contributed by atoms with Crippen LogP contribution in [0.3, 0.4) is 0 Å². The van der Waals surface area contributed by atoms with Crippen LogP contribution in [0.15, 0.2) is 11.6 Å². The molecule has 0 aliphatic heterocycles. The van der Waals surface area contributed by atoms with E-state index in [9.17, 15) is 14.7 Å². The Morgan fingerprint density at radius 1 is 1.16 bits per heavy atom. The molecule has 1 N–H and O–H groups in total. The van der Waals surface area contributed by atoms with Gasteiger partial charge in [-0.25, -0.2) is 8.78 Å². The van der Waals surface area contributed by atoms with Crippen molar-refractivity contribution in [1.29, 1.82) is 0 Å². The molecule has 0 amide bonds. The molecular formula is C20H26F2O3. The van der Waals surface area contributed by atoms with Gasteiger partial charge in [0, 0.05) is 0 Å². The number of rotatable bonds is 1. The van der Waals surface area contributed by atoms with E-state index in [0.29, 0.717) is 31.3 Å². The van der Waals surface area contributed by atoms with E-state index in [1.54, 1.807) is 6.92 Å². The zero-order valence-corrected chi connectivity index (χ0v) is 14.9. The highest BCUT2D eigenvalue weighted by molar-refractivity contribution is 5.92. The summed E-state index contributed by atoms with van der Waals surface area (Å²) in [6, 6.07) is 0. The normalized spacial score (nSPS) is 48.2. The van der Waals surface area contributed by atoms with Crippen molar-refractivity contribution in [2.75, 3.05) is 0 Å². The molecule has 0 unspecified atom stereocenters. The van der Waals surface area contributed by atoms with Crippen molar-refractivity contribution in [3.8, 4) is 0 Å². The maximum atomic E-state index is 15.0. The number of allylic oxidation sites excluding steroid dienone is 1. The van der Waals surface area contributed by atoms with Crippen molar-refractivity contribution in [3.05, 3.63) is 11.6 Å². The first-order valence-electron chi connectivity index (χ1n) is 9.46. The topological polar surface area (TPSA) is 54.4 Å². The van der Waals surface area contributed by atoms with Gasteiger partial charge in [0.2, 0.25) is 0 Å². The Bertz CT molecular complexity index is 670. The van der Waals surface area contributed by atoms with Gasteiger partial charge in [0.05, 0.1) is 17.8 Å². The average molecular weight is 352 g/mol. The van der Waals surface area contributed by atoms with Crippen LogP contribution in [0.1, 0.15) is 58.8 Å². The Morgan fingerprint density at radius 3 is 2.56 bits per heavy atom. The van der Waals surface area contributed by atoms with Crippen molar-refractivity contribution in [2.24, 2.45) is 34.5 Å². The summed E-state index contributed by atoms with van der Waals surface area (Å²) in [7, 11) is 0. The smallest absolute Gasteiger partial charge is 0.307 e. The molecule has 0 aromatic carbocycles. The summed E-state index contributed by atoms with van der Waals surface area (Å²) in [5.74, 6) is -4.35. The molecule has 138 valence electrons. The second-order valence-electron chi connectivity index (χ2n) is 9.15. The molecule has 0 aromatic rings. The number of carboxylic acids is 1. The fourth-order valence-electron chi connectivity index (χ4n) is 7.01. The van der Waals surface area contributed by atoms with E-state index in [2.05, 4.69) is 6.92 Å². The number of ketones is 1. The highest BCUT2D eigenvalue weighted by atomic mass is 19.3. The first-order chi connectivity index (χ1) is 11.6. The van der Waals surface area contributed by atoms with Crippen LogP contribution >= 0.6 is 0 Å². The van der Waals surface area contributed by atoms with Gasteiger partial charge in [-0.2, -0.15) is 0 Å². The largest absolute Gasteiger partial charge is 0.481 e. The van der Waals surface area contributed by atoms with Gasteiger partial charge in [0.25, 0.3) is 5.92 Å². The Hall–Kier alpha value is -1.26. The fourth-order valence-corrected chi connectivity index (χ4v) is 7.01. The molecule has 0 spiro atoms. The van der Waals surface area contributed by atoms with E-state index in [1.165, 1.54) is 6.08 Å². The molecule has 0 saturated heterocycles. The summed E-state index contributed by atoms with van der Waals surface area (Å²) in [5, 5.41) is 9.60. The van der Waals surface area contributed by atoms with Gasteiger partial charge in [0.1, 0.15) is 0 Å². The van der Waals surface area contributed by atoms with Crippen LogP contribution in [0.25, 0.3) is 0 Å². The quantitative estimate of drug-likeness (QED) is 0.758. The van der Waals surface area contributed by atoms with Gasteiger partial charge in [-0.15, -0.1) is 0 Å². The lowest BCUT2D eigenvalue weighted by molar-refractivity contribution is -0.181. The third-order valence-electron chi connectivity index (χ3n) is 8.38. The lowest BCUT2D eigenvalue weighted by Crippen LogP contribution is -2.58. The molecule has 3 fully saturated rings. The lowest BCUT2D eigenvalue weighted by Gasteiger charge is -2.59. The fraction of sp³-hybridized carbons (Fsp3) is 0.800. The zero-order chi connectivity index (χ0) is 18.2. The second-order valence-corrected chi connectivity index (χ2v) is 9.15. The van der Waals surface area contributed by atoms with Crippen LogP contribution in [0.5, 0.6) is 0 Å². The predicted molar refractivity (Wildman–Crippen MR) is 88.2 cm³/mol. The maximum Gasteiger partial charge on any atom is 0.307 e. The summed E-state index contributed by atoms with van der Waals surface area (Å²) in [4.78, 5) is 23.5. The number of fused-ring (bicyclic) bond motifs is 5. The standard InChI is InChI=1S/C20H26F2O3/c1-18-8-7-15-13(14(18)5-6-16(18)17(24)25)4-3-11-9-12(23)10-20(21,22)19(11,15)2/h9,13-16H,3-8,10H2,1-2H3,(H,24,25)/t13-,14-,15-,16+,18-,19-/m0/s1. The molecular weight excluding hydrogens is 326 g/mol. The minimum Gasteiger partial charge on any atom is -0.481 e. The highest BCUT2D eigenvalue weighted by Crippen LogP contribution is 2.68. The first-order valence-corrected chi connectivity index (χ1v) is 9.46. The molecule has 4 aliphatic carbocycles. The maximum absolute atomic E-state index is 15.0. The molecule has 25 heavy (non-hydrogen) atoms. The molecule has 0 radical (unpaired) electrons. The minimum atomic E-state index is -3.00. The van der Waals surface area contributed by atoms with E-state index in [0.717, 1.165) is 12.8 Å². The average Bonchev–Trinajstić information content (AvgIpc) is 2.85. The van der Waals surface area contributed by atoms with Crippen LogP contribution in [0.4, 0.5) is 8.78 Å². The highest BCUT2D eigenvalue weighted by Gasteiger charge is 2.66. The van der Waals surface area contributed by atoms with Crippen molar-refractivity contribution in [2.45, 2.75) is 64.7 Å². The molecule has 4 aliphatic rings. The van der Waals surface area contributed by atoms with Gasteiger partial charge in [-0.3, -0.25) is 9.59 Å². The summed E-state index contributed by atoms with van der Waals surface area (Å²) >= 11 is 0. The van der Waals surface area contributed by atoms with Gasteiger partial charge in [-0.05, 0) is 74.7 Å². The number of alkyl halides is 2. The van der Waals surface area contributed by atoms with E-state index in [1.807, 2.05) is 0 Å². The monoisotopic (exact) mass is 352 g/mol. The van der Waals surface area contributed by atoms with Crippen LogP contribution in [0, 0.1) is 34.5 Å². The van der Waals surface area contributed by atoms with Gasteiger partial charge in [-0.1, -0.05) is 12.5 Å². The predicted octanol–water partition coefficient (Wildman–Crippen LogP) is 4.46. The number of aliphatic carboxylic acids is 1. The van der Waals surface area contributed by atoms with Gasteiger partial charge in [0.15, 0.2) is 5.78 Å². The Balaban J connectivity index is 1.73. The number of hydrogen-bond donors (Lipinski definition) is 1. The summed E-state index contributed by atoms with van der Waals surface area (Å²) in [6.07, 6.45) is 4.97. The van der Waals surface area contributed by atoms with Crippen LogP contribution in [-0.4, -0.2) is 22.8 Å². The molecule has 0 aromatic heterocycles. The molecule has 4 rings (SSSR count). The first kappa shape index (κ1) is 17.2. The molecule has 3 nitrogen and oxygen atoms in total. The number of carboxylic acid groups (broad SMARTS) is 1. The van der Waals surface area contributed by atoms with Crippen molar-refractivity contribution < 1.29 is 23.5 Å².